The third-order valence-electron chi connectivity index (χ3n) is 2.37. The lowest BCUT2D eigenvalue weighted by atomic mass is 10.1. The van der Waals surface area contributed by atoms with Gasteiger partial charge in [0.25, 0.3) is 0 Å². The summed E-state index contributed by atoms with van der Waals surface area (Å²) in [6.07, 6.45) is 6.97. The molecule has 0 aromatic rings. The summed E-state index contributed by atoms with van der Waals surface area (Å²) < 4.78 is 4.83. The molecule has 0 amide bonds. The van der Waals surface area contributed by atoms with Crippen LogP contribution in [0.5, 0.6) is 0 Å². The van der Waals surface area contributed by atoms with Gasteiger partial charge in [0, 0.05) is 0 Å². The van der Waals surface area contributed by atoms with Gasteiger partial charge in [-0.1, -0.05) is 32.3 Å². The molecule has 0 saturated carbocycles. The molecule has 0 aliphatic heterocycles. The second-order valence-corrected chi connectivity index (χ2v) is 4.23. The van der Waals surface area contributed by atoms with Crippen LogP contribution in [0.2, 0.25) is 0 Å². The minimum atomic E-state index is -0.574. The molecular formula is C14H21NO3. The number of carbonyl (C=O) groups excluding carboxylic acids is 2. The second-order valence-electron chi connectivity index (χ2n) is 4.23. The van der Waals surface area contributed by atoms with E-state index in [1.165, 1.54) is 19.8 Å². The summed E-state index contributed by atoms with van der Waals surface area (Å²) in [7, 11) is 0. The Hall–Kier alpha value is -1.63. The topological polar surface area (TPSA) is 67.2 Å². The number of Topliss-reactive ketones (excluding diaryl/α,β-unsaturated/α-hetero) is 1. The number of nitriles is 1. The molecule has 4 nitrogen and oxygen atoms in total. The van der Waals surface area contributed by atoms with Crippen LogP contribution in [0.4, 0.5) is 0 Å². The SMILES string of the molecule is CCCCCCC=C(C#N)COC(=O)CC(C)=O. The summed E-state index contributed by atoms with van der Waals surface area (Å²) in [5.41, 5.74) is 0.448. The highest BCUT2D eigenvalue weighted by Crippen LogP contribution is 2.06. The lowest BCUT2D eigenvalue weighted by molar-refractivity contribution is -0.144. The van der Waals surface area contributed by atoms with E-state index in [0.29, 0.717) is 5.57 Å². The molecule has 0 unspecified atom stereocenters. The average Bonchev–Trinajstić information content (AvgIpc) is 2.31. The molecule has 0 aliphatic rings. The Morgan fingerprint density at radius 3 is 2.56 bits per heavy atom. The molecule has 0 saturated heterocycles. The molecule has 100 valence electrons. The van der Waals surface area contributed by atoms with Gasteiger partial charge in [0.1, 0.15) is 18.8 Å². The van der Waals surface area contributed by atoms with Gasteiger partial charge in [0.05, 0.1) is 11.6 Å². The minimum Gasteiger partial charge on any atom is -0.460 e. The predicted molar refractivity (Wildman–Crippen MR) is 68.7 cm³/mol. The maximum Gasteiger partial charge on any atom is 0.313 e. The molecule has 4 heteroatoms. The molecule has 0 rings (SSSR count). The van der Waals surface area contributed by atoms with Crippen LogP contribution >= 0.6 is 0 Å². The van der Waals surface area contributed by atoms with Crippen molar-refractivity contribution >= 4 is 11.8 Å². The quantitative estimate of drug-likeness (QED) is 0.273. The van der Waals surface area contributed by atoms with E-state index in [9.17, 15) is 9.59 Å². The van der Waals surface area contributed by atoms with Gasteiger partial charge in [-0.2, -0.15) is 5.26 Å². The van der Waals surface area contributed by atoms with Crippen LogP contribution < -0.4 is 0 Å². The van der Waals surface area contributed by atoms with Crippen LogP contribution in [0.3, 0.4) is 0 Å². The monoisotopic (exact) mass is 251 g/mol. The summed E-state index contributed by atoms with van der Waals surface area (Å²) in [5.74, 6) is -0.809. The number of esters is 1. The van der Waals surface area contributed by atoms with Gasteiger partial charge < -0.3 is 4.74 Å². The number of unbranched alkanes of at least 4 members (excludes halogenated alkanes) is 4. The molecule has 0 aromatic carbocycles. The van der Waals surface area contributed by atoms with E-state index in [4.69, 9.17) is 10.00 Å². The first-order chi connectivity index (χ1) is 8.60. The fourth-order valence-electron chi connectivity index (χ4n) is 1.40. The van der Waals surface area contributed by atoms with Gasteiger partial charge in [0.2, 0.25) is 0 Å². The maximum absolute atomic E-state index is 11.1. The van der Waals surface area contributed by atoms with E-state index < -0.39 is 5.97 Å². The van der Waals surface area contributed by atoms with Gasteiger partial charge >= 0.3 is 5.97 Å². The van der Waals surface area contributed by atoms with E-state index in [2.05, 4.69) is 6.92 Å². The number of allylic oxidation sites excluding steroid dienone is 1. The van der Waals surface area contributed by atoms with Gasteiger partial charge in [-0.25, -0.2) is 0 Å². The molecule has 0 atom stereocenters. The first-order valence-electron chi connectivity index (χ1n) is 6.34. The van der Waals surface area contributed by atoms with E-state index in [0.717, 1.165) is 19.3 Å². The van der Waals surface area contributed by atoms with Crippen LogP contribution in [0.1, 0.15) is 52.4 Å². The Morgan fingerprint density at radius 1 is 1.28 bits per heavy atom. The van der Waals surface area contributed by atoms with Gasteiger partial charge in [-0.3, -0.25) is 9.59 Å². The molecule has 18 heavy (non-hydrogen) atoms. The molecule has 0 aliphatic carbocycles. The van der Waals surface area contributed by atoms with E-state index >= 15 is 0 Å². The number of hydrogen-bond acceptors (Lipinski definition) is 4. The molecule has 0 aromatic heterocycles. The van der Waals surface area contributed by atoms with E-state index in [-0.39, 0.29) is 18.8 Å². The first kappa shape index (κ1) is 16.4. The first-order valence-corrected chi connectivity index (χ1v) is 6.34. The Kier molecular flexibility index (Phi) is 9.57. The van der Waals surface area contributed by atoms with Crippen molar-refractivity contribution in [3.63, 3.8) is 0 Å². The molecule has 0 N–H and O–H groups in total. The Labute approximate surface area is 109 Å². The zero-order chi connectivity index (χ0) is 13.8. The highest BCUT2D eigenvalue weighted by atomic mass is 16.5. The summed E-state index contributed by atoms with van der Waals surface area (Å²) in [5, 5.41) is 8.85. The van der Waals surface area contributed by atoms with Crippen molar-refractivity contribution in [1.29, 1.82) is 5.26 Å². The standard InChI is InChI=1S/C14H21NO3/c1-3-4-5-6-7-8-13(10-15)11-18-14(17)9-12(2)16/h8H,3-7,9,11H2,1-2H3. The molecule has 0 spiro atoms. The predicted octanol–water partition coefficient (Wildman–Crippen LogP) is 2.93. The smallest absolute Gasteiger partial charge is 0.313 e. The van der Waals surface area contributed by atoms with Crippen molar-refractivity contribution in [2.75, 3.05) is 6.61 Å². The zero-order valence-corrected chi connectivity index (χ0v) is 11.2. The van der Waals surface area contributed by atoms with Crippen molar-refractivity contribution < 1.29 is 14.3 Å². The number of hydrogen-bond donors (Lipinski definition) is 0. The van der Waals surface area contributed by atoms with Gasteiger partial charge in [0.15, 0.2) is 0 Å². The lowest BCUT2D eigenvalue weighted by Crippen LogP contribution is -2.10. The summed E-state index contributed by atoms with van der Waals surface area (Å²) >= 11 is 0. The van der Waals surface area contributed by atoms with Crippen LogP contribution in [0, 0.1) is 11.3 Å². The summed E-state index contributed by atoms with van der Waals surface area (Å²) in [6, 6.07) is 2.00. The summed E-state index contributed by atoms with van der Waals surface area (Å²) in [4.78, 5) is 21.8. The average molecular weight is 251 g/mol. The fraction of sp³-hybridized carbons (Fsp3) is 0.643. The molecule has 0 bridgehead atoms. The van der Waals surface area contributed by atoms with Crippen molar-refractivity contribution in [3.05, 3.63) is 11.6 Å². The summed E-state index contributed by atoms with van der Waals surface area (Å²) in [6.45, 7) is 3.44. The Bertz CT molecular complexity index is 339. The van der Waals surface area contributed by atoms with Crippen LogP contribution in [-0.4, -0.2) is 18.4 Å². The highest BCUT2D eigenvalue weighted by molar-refractivity contribution is 5.94. The van der Waals surface area contributed by atoms with Crippen LogP contribution in [0.15, 0.2) is 11.6 Å². The Balaban J connectivity index is 3.89. The molecule has 0 radical (unpaired) electrons. The van der Waals surface area contributed by atoms with Gasteiger partial charge in [-0.15, -0.1) is 0 Å². The Morgan fingerprint density at radius 2 is 2.00 bits per heavy atom. The lowest BCUT2D eigenvalue weighted by Gasteiger charge is -2.02. The molecule has 0 heterocycles. The maximum atomic E-state index is 11.1. The second kappa shape index (κ2) is 10.5. The molecule has 0 fully saturated rings. The van der Waals surface area contributed by atoms with E-state index in [1.54, 1.807) is 6.08 Å². The zero-order valence-electron chi connectivity index (χ0n) is 11.2. The highest BCUT2D eigenvalue weighted by Gasteiger charge is 2.07. The van der Waals surface area contributed by atoms with Crippen LogP contribution in [0.25, 0.3) is 0 Å². The molecular weight excluding hydrogens is 230 g/mol. The number of nitrogens with zero attached hydrogens (tertiary/aromatic N) is 1. The number of carbonyl (C=O) groups is 2. The van der Waals surface area contributed by atoms with Crippen molar-refractivity contribution in [3.8, 4) is 6.07 Å². The van der Waals surface area contributed by atoms with Crippen molar-refractivity contribution in [2.24, 2.45) is 0 Å². The third kappa shape index (κ3) is 9.59. The normalized spacial score (nSPS) is 10.8. The van der Waals surface area contributed by atoms with Crippen molar-refractivity contribution in [2.45, 2.75) is 52.4 Å². The van der Waals surface area contributed by atoms with Gasteiger partial charge in [-0.05, 0) is 19.8 Å². The number of ether oxygens (including phenoxy) is 1. The largest absolute Gasteiger partial charge is 0.460 e. The fourth-order valence-corrected chi connectivity index (χ4v) is 1.40. The van der Waals surface area contributed by atoms with Crippen molar-refractivity contribution in [1.82, 2.24) is 0 Å². The minimum absolute atomic E-state index is 0.0314. The number of ketones is 1. The third-order valence-corrected chi connectivity index (χ3v) is 2.37. The van der Waals surface area contributed by atoms with Crippen LogP contribution in [-0.2, 0) is 14.3 Å². The van der Waals surface area contributed by atoms with E-state index in [1.807, 2.05) is 6.07 Å². The number of rotatable bonds is 9.